The molecule has 0 radical (unpaired) electrons. The molecule has 1 saturated heterocycles. The Morgan fingerprint density at radius 1 is 1.18 bits per heavy atom. The summed E-state index contributed by atoms with van der Waals surface area (Å²) in [6.45, 7) is 4.06. The van der Waals surface area contributed by atoms with E-state index in [2.05, 4.69) is 25.7 Å². The van der Waals surface area contributed by atoms with Crippen LogP contribution in [-0.2, 0) is 16.4 Å². The molecule has 1 heterocycles. The molecule has 1 fully saturated rings. The second-order valence-electron chi connectivity index (χ2n) is 7.05. The fourth-order valence-corrected chi connectivity index (χ4v) is 4.34. The lowest BCUT2D eigenvalue weighted by molar-refractivity contribution is -0.878. The summed E-state index contributed by atoms with van der Waals surface area (Å²) in [7, 11) is 0.881. The number of unbranched alkanes of at least 4 members (excludes halogenated alkanes) is 2. The highest BCUT2D eigenvalue weighted by molar-refractivity contribution is 7.89. The van der Waals surface area contributed by atoms with Crippen molar-refractivity contribution in [2.75, 3.05) is 27.2 Å². The van der Waals surface area contributed by atoms with Crippen LogP contribution in [0.5, 0.6) is 0 Å². The van der Waals surface area contributed by atoms with E-state index in [4.69, 9.17) is 0 Å². The smallest absolute Gasteiger partial charge is 0.241 e. The van der Waals surface area contributed by atoms with E-state index in [0.29, 0.717) is 4.90 Å². The molecular formula is C17H29N2O2S+. The fourth-order valence-electron chi connectivity index (χ4n) is 3.08. The van der Waals surface area contributed by atoms with Crippen LogP contribution < -0.4 is 4.72 Å². The predicted molar refractivity (Wildman–Crippen MR) is 90.2 cm³/mol. The number of nitrogens with zero attached hydrogens (tertiary/aromatic N) is 1. The van der Waals surface area contributed by atoms with Crippen molar-refractivity contribution >= 4 is 10.0 Å². The quantitative estimate of drug-likeness (QED) is 0.618. The molecule has 1 N–H and O–H groups in total. The molecular weight excluding hydrogens is 296 g/mol. The van der Waals surface area contributed by atoms with E-state index in [-0.39, 0.29) is 6.04 Å². The molecule has 1 aromatic carbocycles. The molecule has 1 aromatic rings. The molecule has 4 nitrogen and oxygen atoms in total. The van der Waals surface area contributed by atoms with Crippen molar-refractivity contribution in [3.8, 4) is 0 Å². The maximum absolute atomic E-state index is 12.5. The van der Waals surface area contributed by atoms with Gasteiger partial charge in [-0.1, -0.05) is 31.9 Å². The highest BCUT2D eigenvalue weighted by Gasteiger charge is 2.33. The predicted octanol–water partition coefficient (Wildman–Crippen LogP) is 2.55. The summed E-state index contributed by atoms with van der Waals surface area (Å²) in [5.41, 5.74) is 1.21. The number of likely N-dealkylation sites (N-methyl/N-ethyl adjacent to an activating group) is 1. The highest BCUT2D eigenvalue weighted by atomic mass is 32.2. The summed E-state index contributed by atoms with van der Waals surface area (Å²) in [5.74, 6) is 0. The minimum absolute atomic E-state index is 0.0456. The number of aryl methyl sites for hydroxylation is 1. The lowest BCUT2D eigenvalue weighted by atomic mass is 10.1. The van der Waals surface area contributed by atoms with E-state index < -0.39 is 10.0 Å². The van der Waals surface area contributed by atoms with Gasteiger partial charge in [-0.2, -0.15) is 0 Å². The number of benzene rings is 1. The standard InChI is InChI=1S/C17H29N2O2S/c1-4-5-6-7-15-8-10-17(11-9-15)22(20,21)18-16-12-13-19(2,3)14-16/h8-11,16,18H,4-7,12-14H2,1-3H3/q+1. The number of hydrogen-bond donors (Lipinski definition) is 1. The first-order chi connectivity index (χ1) is 10.3. The van der Waals surface area contributed by atoms with Crippen molar-refractivity contribution in [1.29, 1.82) is 0 Å². The Balaban J connectivity index is 1.97. The van der Waals surface area contributed by atoms with Gasteiger partial charge in [0.15, 0.2) is 0 Å². The number of hydrogen-bond acceptors (Lipinski definition) is 2. The summed E-state index contributed by atoms with van der Waals surface area (Å²) in [4.78, 5) is 0.379. The fraction of sp³-hybridized carbons (Fsp3) is 0.647. The topological polar surface area (TPSA) is 46.2 Å². The molecule has 1 aliphatic heterocycles. The van der Waals surface area contributed by atoms with Gasteiger partial charge in [0.25, 0.3) is 0 Å². The Morgan fingerprint density at radius 2 is 1.86 bits per heavy atom. The van der Waals surface area contributed by atoms with Gasteiger partial charge in [-0.15, -0.1) is 0 Å². The largest absolute Gasteiger partial charge is 0.327 e. The van der Waals surface area contributed by atoms with Gasteiger partial charge in [0, 0.05) is 6.42 Å². The molecule has 2 rings (SSSR count). The highest BCUT2D eigenvalue weighted by Crippen LogP contribution is 2.18. The van der Waals surface area contributed by atoms with Crippen LogP contribution in [-0.4, -0.2) is 46.1 Å². The van der Waals surface area contributed by atoms with Crippen molar-refractivity contribution in [1.82, 2.24) is 4.72 Å². The Hall–Kier alpha value is -0.910. The van der Waals surface area contributed by atoms with E-state index in [1.807, 2.05) is 12.1 Å². The van der Waals surface area contributed by atoms with Gasteiger partial charge in [-0.05, 0) is 30.5 Å². The molecule has 0 amide bonds. The summed E-state index contributed by atoms with van der Waals surface area (Å²) >= 11 is 0. The first-order valence-corrected chi connectivity index (χ1v) is 9.74. The minimum Gasteiger partial charge on any atom is -0.327 e. The number of quaternary nitrogens is 1. The second kappa shape index (κ2) is 7.11. The lowest BCUT2D eigenvalue weighted by Crippen LogP contribution is -2.42. The molecule has 1 aliphatic rings. The van der Waals surface area contributed by atoms with E-state index in [1.165, 1.54) is 18.4 Å². The monoisotopic (exact) mass is 325 g/mol. The third-order valence-electron chi connectivity index (χ3n) is 4.42. The number of rotatable bonds is 7. The zero-order chi connectivity index (χ0) is 16.2. The minimum atomic E-state index is -3.40. The van der Waals surface area contributed by atoms with E-state index >= 15 is 0 Å². The Labute approximate surface area is 135 Å². The first-order valence-electron chi connectivity index (χ1n) is 8.26. The molecule has 1 unspecified atom stereocenters. The van der Waals surface area contributed by atoms with Crippen molar-refractivity contribution < 1.29 is 12.9 Å². The summed E-state index contributed by atoms with van der Waals surface area (Å²) in [6, 6.07) is 7.40. The number of sulfonamides is 1. The van der Waals surface area contributed by atoms with E-state index in [9.17, 15) is 8.42 Å². The van der Waals surface area contributed by atoms with Crippen LogP contribution in [0.15, 0.2) is 29.2 Å². The van der Waals surface area contributed by atoms with Crippen LogP contribution in [0.4, 0.5) is 0 Å². The second-order valence-corrected chi connectivity index (χ2v) is 8.76. The molecule has 0 aromatic heterocycles. The average molecular weight is 325 g/mol. The summed E-state index contributed by atoms with van der Waals surface area (Å²) in [5, 5.41) is 0. The van der Waals surface area contributed by atoms with Gasteiger partial charge in [0.05, 0.1) is 38.1 Å². The summed E-state index contributed by atoms with van der Waals surface area (Å²) < 4.78 is 28.6. The van der Waals surface area contributed by atoms with Gasteiger partial charge < -0.3 is 4.48 Å². The average Bonchev–Trinajstić information content (AvgIpc) is 2.78. The molecule has 22 heavy (non-hydrogen) atoms. The molecule has 0 saturated carbocycles. The van der Waals surface area contributed by atoms with Crippen LogP contribution in [0.25, 0.3) is 0 Å². The van der Waals surface area contributed by atoms with Crippen LogP contribution in [0.3, 0.4) is 0 Å². The Bertz CT molecular complexity index is 579. The van der Waals surface area contributed by atoms with Gasteiger partial charge in [-0.3, -0.25) is 0 Å². The maximum atomic E-state index is 12.5. The molecule has 5 heteroatoms. The lowest BCUT2D eigenvalue weighted by Gasteiger charge is -2.23. The third-order valence-corrected chi connectivity index (χ3v) is 5.96. The normalized spacial score (nSPS) is 21.1. The van der Waals surface area contributed by atoms with Gasteiger partial charge in [0.1, 0.15) is 0 Å². The van der Waals surface area contributed by atoms with Gasteiger partial charge >= 0.3 is 0 Å². The molecule has 0 spiro atoms. The Kier molecular flexibility index (Phi) is 5.64. The third kappa shape index (κ3) is 4.80. The van der Waals surface area contributed by atoms with Crippen LogP contribution in [0.2, 0.25) is 0 Å². The van der Waals surface area contributed by atoms with Crippen molar-refractivity contribution in [3.63, 3.8) is 0 Å². The number of nitrogens with one attached hydrogen (secondary N) is 1. The van der Waals surface area contributed by atoms with E-state index in [1.54, 1.807) is 12.1 Å². The SMILES string of the molecule is CCCCCc1ccc(S(=O)(=O)NC2CC[N+](C)(C)C2)cc1. The zero-order valence-electron chi connectivity index (χ0n) is 14.0. The zero-order valence-corrected chi connectivity index (χ0v) is 14.8. The Morgan fingerprint density at radius 3 is 2.41 bits per heavy atom. The van der Waals surface area contributed by atoms with Crippen molar-refractivity contribution in [3.05, 3.63) is 29.8 Å². The van der Waals surface area contributed by atoms with E-state index in [0.717, 1.165) is 36.8 Å². The number of likely N-dealkylation sites (tertiary alicyclic amines) is 1. The first kappa shape index (κ1) is 17.4. The molecule has 0 aliphatic carbocycles. The van der Waals surface area contributed by atoms with Crippen molar-refractivity contribution in [2.45, 2.75) is 50.0 Å². The van der Waals surface area contributed by atoms with Crippen LogP contribution in [0.1, 0.15) is 38.2 Å². The van der Waals surface area contributed by atoms with Gasteiger partial charge in [-0.25, -0.2) is 13.1 Å². The molecule has 1 atom stereocenters. The molecule has 0 bridgehead atoms. The van der Waals surface area contributed by atoms with Crippen LogP contribution in [0, 0.1) is 0 Å². The maximum Gasteiger partial charge on any atom is 0.241 e. The summed E-state index contributed by atoms with van der Waals surface area (Å²) in [6.07, 6.45) is 5.51. The van der Waals surface area contributed by atoms with Gasteiger partial charge in [0.2, 0.25) is 10.0 Å². The van der Waals surface area contributed by atoms with Crippen LogP contribution >= 0.6 is 0 Å². The van der Waals surface area contributed by atoms with Crippen molar-refractivity contribution in [2.24, 2.45) is 0 Å². The molecule has 124 valence electrons.